The van der Waals surface area contributed by atoms with Crippen molar-refractivity contribution in [1.82, 2.24) is 15.3 Å². The first-order valence-corrected chi connectivity index (χ1v) is 7.67. The molecule has 0 spiro atoms. The smallest absolute Gasteiger partial charge is 0.223 e. The van der Waals surface area contributed by atoms with Crippen LogP contribution in [0.2, 0.25) is 0 Å². The first-order chi connectivity index (χ1) is 9.83. The van der Waals surface area contributed by atoms with Gasteiger partial charge in [0.25, 0.3) is 0 Å². The maximum atomic E-state index is 12.0. The molecule has 1 aliphatic carbocycles. The summed E-state index contributed by atoms with van der Waals surface area (Å²) >= 11 is 0. The first kappa shape index (κ1) is 13.3. The Hall–Kier alpha value is -1.65. The summed E-state index contributed by atoms with van der Waals surface area (Å²) in [6, 6.07) is 1.95. The summed E-state index contributed by atoms with van der Waals surface area (Å²) in [4.78, 5) is 23.1. The predicted molar refractivity (Wildman–Crippen MR) is 77.3 cm³/mol. The average Bonchev–Trinajstić information content (AvgIpc) is 3.17. The lowest BCUT2D eigenvalue weighted by atomic mass is 10.1. The molecule has 3 rings (SSSR count). The Bertz CT molecular complexity index is 465. The Morgan fingerprint density at radius 1 is 1.25 bits per heavy atom. The summed E-state index contributed by atoms with van der Waals surface area (Å²) in [5.41, 5.74) is 0. The Morgan fingerprint density at radius 2 is 2.00 bits per heavy atom. The number of carbonyl (C=O) groups is 1. The van der Waals surface area contributed by atoms with E-state index in [1.54, 1.807) is 6.20 Å². The quantitative estimate of drug-likeness (QED) is 0.911. The zero-order chi connectivity index (χ0) is 13.8. The highest BCUT2D eigenvalue weighted by atomic mass is 16.1. The Labute approximate surface area is 119 Å². The number of hydrogen-bond donors (Lipinski definition) is 1. The second-order valence-corrected chi connectivity index (χ2v) is 5.72. The van der Waals surface area contributed by atoms with Crippen molar-refractivity contribution in [2.24, 2.45) is 5.92 Å². The maximum absolute atomic E-state index is 12.0. The third-order valence-electron chi connectivity index (χ3n) is 4.27. The van der Waals surface area contributed by atoms with Crippen molar-refractivity contribution in [2.45, 2.75) is 45.1 Å². The van der Waals surface area contributed by atoms with E-state index in [1.807, 2.05) is 6.07 Å². The molecule has 0 unspecified atom stereocenters. The van der Waals surface area contributed by atoms with Gasteiger partial charge < -0.3 is 10.2 Å². The molecule has 1 aromatic rings. The van der Waals surface area contributed by atoms with Crippen LogP contribution in [0.4, 0.5) is 5.82 Å². The number of amides is 1. The van der Waals surface area contributed by atoms with Crippen molar-refractivity contribution in [1.29, 1.82) is 0 Å². The van der Waals surface area contributed by atoms with Crippen LogP contribution in [0, 0.1) is 5.92 Å². The molecule has 0 bridgehead atoms. The molecule has 1 aromatic heterocycles. The summed E-state index contributed by atoms with van der Waals surface area (Å²) in [7, 11) is 0. The molecule has 0 atom stereocenters. The molecule has 2 fully saturated rings. The van der Waals surface area contributed by atoms with E-state index in [9.17, 15) is 4.79 Å². The third kappa shape index (κ3) is 3.08. The van der Waals surface area contributed by atoms with Crippen LogP contribution in [-0.2, 0) is 11.3 Å². The van der Waals surface area contributed by atoms with Crippen molar-refractivity contribution in [2.75, 3.05) is 18.0 Å². The predicted octanol–water partition coefficient (Wildman–Crippen LogP) is 1.88. The molecule has 1 saturated heterocycles. The second-order valence-electron chi connectivity index (χ2n) is 5.72. The molecular formula is C15H22N4O. The minimum absolute atomic E-state index is 0.165. The molecule has 0 aromatic carbocycles. The van der Waals surface area contributed by atoms with Crippen molar-refractivity contribution >= 4 is 11.7 Å². The monoisotopic (exact) mass is 274 g/mol. The molecule has 0 radical (unpaired) electrons. The van der Waals surface area contributed by atoms with Gasteiger partial charge in [-0.3, -0.25) is 4.79 Å². The fourth-order valence-electron chi connectivity index (χ4n) is 3.09. The van der Waals surface area contributed by atoms with E-state index in [0.717, 1.165) is 31.7 Å². The lowest BCUT2D eigenvalue weighted by Crippen LogP contribution is -2.29. The highest BCUT2D eigenvalue weighted by molar-refractivity contribution is 5.78. The van der Waals surface area contributed by atoms with Crippen LogP contribution in [0.3, 0.4) is 0 Å². The minimum atomic E-state index is 0.165. The van der Waals surface area contributed by atoms with Gasteiger partial charge in [0.05, 0.1) is 6.54 Å². The zero-order valence-corrected chi connectivity index (χ0v) is 11.8. The number of aromatic nitrogens is 2. The zero-order valence-electron chi connectivity index (χ0n) is 11.8. The first-order valence-electron chi connectivity index (χ1n) is 7.67. The summed E-state index contributed by atoms with van der Waals surface area (Å²) in [6.07, 6.45) is 8.67. The van der Waals surface area contributed by atoms with E-state index in [1.165, 1.54) is 25.7 Å². The van der Waals surface area contributed by atoms with Crippen molar-refractivity contribution in [3.63, 3.8) is 0 Å². The number of rotatable bonds is 4. The van der Waals surface area contributed by atoms with Crippen LogP contribution in [0.5, 0.6) is 0 Å². The van der Waals surface area contributed by atoms with Crippen LogP contribution in [0.25, 0.3) is 0 Å². The van der Waals surface area contributed by atoms with Crippen LogP contribution in [0.15, 0.2) is 12.3 Å². The fourth-order valence-corrected chi connectivity index (χ4v) is 3.09. The molecule has 108 valence electrons. The van der Waals surface area contributed by atoms with E-state index >= 15 is 0 Å². The standard InChI is InChI=1S/C15H22N4O/c20-15(12-5-1-2-6-12)17-11-13-16-8-7-14(18-13)19-9-3-4-10-19/h7-8,12H,1-6,9-11H2,(H,17,20). The lowest BCUT2D eigenvalue weighted by Gasteiger charge is -2.16. The van der Waals surface area contributed by atoms with E-state index < -0.39 is 0 Å². The van der Waals surface area contributed by atoms with Gasteiger partial charge >= 0.3 is 0 Å². The topological polar surface area (TPSA) is 58.1 Å². The van der Waals surface area contributed by atoms with Crippen LogP contribution >= 0.6 is 0 Å². The van der Waals surface area contributed by atoms with Crippen LogP contribution < -0.4 is 10.2 Å². The molecule has 2 heterocycles. The summed E-state index contributed by atoms with van der Waals surface area (Å²) in [5.74, 6) is 2.07. The van der Waals surface area contributed by atoms with Gasteiger partial charge in [-0.2, -0.15) is 0 Å². The van der Waals surface area contributed by atoms with E-state index in [0.29, 0.717) is 12.4 Å². The molecule has 2 aliphatic rings. The van der Waals surface area contributed by atoms with Crippen molar-refractivity contribution in [3.05, 3.63) is 18.1 Å². The Balaban J connectivity index is 1.56. The summed E-state index contributed by atoms with van der Waals surface area (Å²) < 4.78 is 0. The lowest BCUT2D eigenvalue weighted by molar-refractivity contribution is -0.125. The highest BCUT2D eigenvalue weighted by Gasteiger charge is 2.22. The van der Waals surface area contributed by atoms with Gasteiger partial charge in [-0.1, -0.05) is 12.8 Å². The molecule has 5 heteroatoms. The van der Waals surface area contributed by atoms with Crippen molar-refractivity contribution in [3.8, 4) is 0 Å². The van der Waals surface area contributed by atoms with Crippen LogP contribution in [-0.4, -0.2) is 29.0 Å². The van der Waals surface area contributed by atoms with E-state index in [2.05, 4.69) is 20.2 Å². The fraction of sp³-hybridized carbons (Fsp3) is 0.667. The van der Waals surface area contributed by atoms with Gasteiger partial charge in [0, 0.05) is 25.2 Å². The van der Waals surface area contributed by atoms with Crippen LogP contribution in [0.1, 0.15) is 44.3 Å². The maximum Gasteiger partial charge on any atom is 0.223 e. The molecule has 20 heavy (non-hydrogen) atoms. The highest BCUT2D eigenvalue weighted by Crippen LogP contribution is 2.24. The molecule has 1 N–H and O–H groups in total. The second kappa shape index (κ2) is 6.20. The van der Waals surface area contributed by atoms with E-state index in [4.69, 9.17) is 0 Å². The minimum Gasteiger partial charge on any atom is -0.357 e. The number of hydrogen-bond acceptors (Lipinski definition) is 4. The number of anilines is 1. The molecule has 1 amide bonds. The van der Waals surface area contributed by atoms with Crippen molar-refractivity contribution < 1.29 is 4.79 Å². The number of nitrogens with one attached hydrogen (secondary N) is 1. The van der Waals surface area contributed by atoms with Gasteiger partial charge in [-0.25, -0.2) is 9.97 Å². The van der Waals surface area contributed by atoms with Gasteiger partial charge in [0.2, 0.25) is 5.91 Å². The Morgan fingerprint density at radius 3 is 2.75 bits per heavy atom. The number of carbonyl (C=O) groups excluding carboxylic acids is 1. The Kier molecular flexibility index (Phi) is 4.14. The summed E-state index contributed by atoms with van der Waals surface area (Å²) in [6.45, 7) is 2.59. The molecule has 1 saturated carbocycles. The average molecular weight is 274 g/mol. The normalized spacial score (nSPS) is 19.5. The van der Waals surface area contributed by atoms with E-state index in [-0.39, 0.29) is 11.8 Å². The van der Waals surface area contributed by atoms with Gasteiger partial charge in [0.15, 0.2) is 0 Å². The van der Waals surface area contributed by atoms with Gasteiger partial charge in [-0.15, -0.1) is 0 Å². The largest absolute Gasteiger partial charge is 0.357 e. The third-order valence-corrected chi connectivity index (χ3v) is 4.27. The molecular weight excluding hydrogens is 252 g/mol. The SMILES string of the molecule is O=C(NCc1nccc(N2CCCC2)n1)C1CCCC1. The van der Waals surface area contributed by atoms with Gasteiger partial charge in [0.1, 0.15) is 11.6 Å². The molecule has 1 aliphatic heterocycles. The summed E-state index contributed by atoms with van der Waals surface area (Å²) in [5, 5.41) is 2.98. The molecule has 5 nitrogen and oxygen atoms in total. The number of nitrogens with zero attached hydrogens (tertiary/aromatic N) is 3. The van der Waals surface area contributed by atoms with Gasteiger partial charge in [-0.05, 0) is 31.7 Å².